The molecule has 1 saturated heterocycles. The molecule has 1 aliphatic heterocycles. The largest absolute Gasteiger partial charge is 0.497 e. The number of methoxy groups -OCH3 is 1. The van der Waals surface area contributed by atoms with Crippen LogP contribution in [0.15, 0.2) is 66.7 Å². The smallest absolute Gasteiger partial charge is 0.322 e. The van der Waals surface area contributed by atoms with Gasteiger partial charge >= 0.3 is 6.03 Å². The first kappa shape index (κ1) is 18.4. The van der Waals surface area contributed by atoms with Gasteiger partial charge in [0.2, 0.25) is 0 Å². The van der Waals surface area contributed by atoms with Crippen LogP contribution in [0.3, 0.4) is 0 Å². The Morgan fingerprint density at radius 2 is 1.75 bits per heavy atom. The van der Waals surface area contributed by atoms with E-state index in [9.17, 15) is 4.79 Å². The Labute approximate surface area is 166 Å². The zero-order chi connectivity index (χ0) is 19.3. The van der Waals surface area contributed by atoms with E-state index in [1.807, 2.05) is 47.4 Å². The van der Waals surface area contributed by atoms with E-state index >= 15 is 0 Å². The molecule has 0 saturated carbocycles. The first-order valence-corrected chi connectivity index (χ1v) is 9.95. The highest BCUT2D eigenvalue weighted by Crippen LogP contribution is 2.32. The quantitative estimate of drug-likeness (QED) is 0.611. The number of ether oxygens (including phenoxy) is 1. The molecule has 0 bridgehead atoms. The number of rotatable bonds is 3. The lowest BCUT2D eigenvalue weighted by Crippen LogP contribution is -2.38. The first-order valence-electron chi connectivity index (χ1n) is 9.95. The number of anilines is 1. The monoisotopic (exact) mass is 374 g/mol. The minimum absolute atomic E-state index is 0.0286. The van der Waals surface area contributed by atoms with Crippen molar-refractivity contribution in [1.29, 1.82) is 0 Å². The molecule has 144 valence electrons. The Morgan fingerprint density at radius 1 is 0.964 bits per heavy atom. The summed E-state index contributed by atoms with van der Waals surface area (Å²) in [7, 11) is 1.67. The molecule has 4 heteroatoms. The van der Waals surface area contributed by atoms with Crippen molar-refractivity contribution < 1.29 is 9.53 Å². The molecule has 3 aromatic rings. The normalized spacial score (nSPS) is 17.2. The second-order valence-corrected chi connectivity index (χ2v) is 7.29. The molecule has 2 amide bonds. The van der Waals surface area contributed by atoms with E-state index in [0.717, 1.165) is 60.0 Å². The molecule has 1 fully saturated rings. The molecular formula is C24H26N2O2. The molecule has 3 aromatic carbocycles. The van der Waals surface area contributed by atoms with Gasteiger partial charge in [-0.15, -0.1) is 0 Å². The van der Waals surface area contributed by atoms with Crippen molar-refractivity contribution in [2.75, 3.05) is 19.0 Å². The number of benzene rings is 3. The molecule has 1 atom stereocenters. The van der Waals surface area contributed by atoms with E-state index in [1.54, 1.807) is 7.11 Å². The van der Waals surface area contributed by atoms with Crippen LogP contribution >= 0.6 is 0 Å². The third-order valence-electron chi connectivity index (χ3n) is 5.55. The average molecular weight is 374 g/mol. The summed E-state index contributed by atoms with van der Waals surface area (Å²) in [6.07, 6.45) is 4.31. The number of carbonyl (C=O) groups excluding carboxylic acids is 1. The van der Waals surface area contributed by atoms with Crippen molar-refractivity contribution in [3.05, 3.63) is 72.3 Å². The fourth-order valence-electron chi connectivity index (χ4n) is 4.05. The van der Waals surface area contributed by atoms with Gasteiger partial charge in [-0.05, 0) is 42.0 Å². The molecule has 4 nitrogen and oxygen atoms in total. The third kappa shape index (κ3) is 3.81. The highest BCUT2D eigenvalue weighted by Gasteiger charge is 2.27. The fraction of sp³-hybridized carbons (Fsp3) is 0.292. The highest BCUT2D eigenvalue weighted by molar-refractivity contribution is 6.01. The number of hydrogen-bond donors (Lipinski definition) is 1. The van der Waals surface area contributed by atoms with Crippen LogP contribution in [0.4, 0.5) is 10.5 Å². The van der Waals surface area contributed by atoms with E-state index < -0.39 is 0 Å². The summed E-state index contributed by atoms with van der Waals surface area (Å²) in [5, 5.41) is 5.36. The number of carbonyl (C=O) groups is 1. The fourth-order valence-corrected chi connectivity index (χ4v) is 4.05. The van der Waals surface area contributed by atoms with Gasteiger partial charge in [-0.3, -0.25) is 0 Å². The van der Waals surface area contributed by atoms with E-state index in [4.69, 9.17) is 4.74 Å². The van der Waals surface area contributed by atoms with E-state index in [0.29, 0.717) is 0 Å². The first-order chi connectivity index (χ1) is 13.8. The molecule has 28 heavy (non-hydrogen) atoms. The minimum atomic E-state index is -0.0286. The molecule has 1 N–H and O–H groups in total. The second kappa shape index (κ2) is 8.34. The van der Waals surface area contributed by atoms with Crippen LogP contribution < -0.4 is 10.1 Å². The molecule has 0 spiro atoms. The summed E-state index contributed by atoms with van der Waals surface area (Å²) in [5.74, 6) is 0.837. The Morgan fingerprint density at radius 3 is 2.57 bits per heavy atom. The number of nitrogens with one attached hydrogen (secondary N) is 1. The summed E-state index contributed by atoms with van der Waals surface area (Å²) < 4.78 is 5.28. The third-order valence-corrected chi connectivity index (χ3v) is 5.55. The van der Waals surface area contributed by atoms with Gasteiger partial charge in [0.15, 0.2) is 0 Å². The molecule has 1 heterocycles. The van der Waals surface area contributed by atoms with E-state index in [1.165, 1.54) is 0 Å². The standard InChI is InChI=1S/C24H26N2O2/c1-28-20-15-13-19(14-16-20)23-12-3-2-6-17-26(23)24(27)25-22-11-7-9-18-8-4-5-10-21(18)22/h4-5,7-11,13-16,23H,2-3,6,12,17H2,1H3,(H,25,27). The molecule has 1 unspecified atom stereocenters. The van der Waals surface area contributed by atoms with Gasteiger partial charge in [-0.1, -0.05) is 61.4 Å². The van der Waals surface area contributed by atoms with Gasteiger partial charge in [-0.2, -0.15) is 0 Å². The summed E-state index contributed by atoms with van der Waals surface area (Å²) in [6, 6.07) is 22.3. The van der Waals surface area contributed by atoms with Crippen LogP contribution in [0.1, 0.15) is 37.3 Å². The number of likely N-dealkylation sites (tertiary alicyclic amines) is 1. The van der Waals surface area contributed by atoms with E-state index in [-0.39, 0.29) is 12.1 Å². The SMILES string of the molecule is COc1ccc(C2CCCCCN2C(=O)Nc2cccc3ccccc23)cc1. The van der Waals surface area contributed by atoms with Gasteiger partial charge in [0.05, 0.1) is 18.8 Å². The average Bonchev–Trinajstić information content (AvgIpc) is 3.00. The maximum atomic E-state index is 13.3. The summed E-state index contributed by atoms with van der Waals surface area (Å²) in [6.45, 7) is 0.771. The predicted octanol–water partition coefficient (Wildman–Crippen LogP) is 6.00. The Hall–Kier alpha value is -3.01. The van der Waals surface area contributed by atoms with Crippen molar-refractivity contribution in [2.45, 2.75) is 31.7 Å². The van der Waals surface area contributed by atoms with Crippen molar-refractivity contribution in [1.82, 2.24) is 4.90 Å². The van der Waals surface area contributed by atoms with Crippen molar-refractivity contribution in [2.24, 2.45) is 0 Å². The lowest BCUT2D eigenvalue weighted by atomic mass is 10.0. The topological polar surface area (TPSA) is 41.6 Å². The number of fused-ring (bicyclic) bond motifs is 1. The minimum Gasteiger partial charge on any atom is -0.497 e. The van der Waals surface area contributed by atoms with Crippen LogP contribution in [-0.4, -0.2) is 24.6 Å². The summed E-state index contributed by atoms with van der Waals surface area (Å²) >= 11 is 0. The number of hydrogen-bond acceptors (Lipinski definition) is 2. The zero-order valence-electron chi connectivity index (χ0n) is 16.2. The van der Waals surface area contributed by atoms with Gasteiger partial charge in [0.25, 0.3) is 0 Å². The van der Waals surface area contributed by atoms with Crippen molar-refractivity contribution in [3.8, 4) is 5.75 Å². The number of amides is 2. The van der Waals surface area contributed by atoms with Crippen molar-refractivity contribution >= 4 is 22.5 Å². The van der Waals surface area contributed by atoms with Crippen LogP contribution in [-0.2, 0) is 0 Å². The van der Waals surface area contributed by atoms with Crippen LogP contribution in [0.2, 0.25) is 0 Å². The number of nitrogens with zero attached hydrogens (tertiary/aromatic N) is 1. The summed E-state index contributed by atoms with van der Waals surface area (Å²) in [4.78, 5) is 15.3. The zero-order valence-corrected chi connectivity index (χ0v) is 16.2. The van der Waals surface area contributed by atoms with Gasteiger partial charge in [-0.25, -0.2) is 4.79 Å². The van der Waals surface area contributed by atoms with Crippen molar-refractivity contribution in [3.63, 3.8) is 0 Å². The Bertz CT molecular complexity index is 947. The van der Waals surface area contributed by atoms with Crippen LogP contribution in [0.25, 0.3) is 10.8 Å². The van der Waals surface area contributed by atoms with Gasteiger partial charge in [0, 0.05) is 11.9 Å². The highest BCUT2D eigenvalue weighted by atomic mass is 16.5. The molecule has 4 rings (SSSR count). The predicted molar refractivity (Wildman–Crippen MR) is 114 cm³/mol. The van der Waals surface area contributed by atoms with Crippen LogP contribution in [0.5, 0.6) is 5.75 Å². The second-order valence-electron chi connectivity index (χ2n) is 7.29. The number of urea groups is 1. The lowest BCUT2D eigenvalue weighted by molar-refractivity contribution is 0.189. The van der Waals surface area contributed by atoms with Gasteiger partial charge in [0.1, 0.15) is 5.75 Å². The molecular weight excluding hydrogens is 348 g/mol. The maximum Gasteiger partial charge on any atom is 0.322 e. The molecule has 0 aromatic heterocycles. The Kier molecular flexibility index (Phi) is 5.47. The van der Waals surface area contributed by atoms with E-state index in [2.05, 4.69) is 29.6 Å². The molecule has 0 radical (unpaired) electrons. The maximum absolute atomic E-state index is 13.3. The van der Waals surface area contributed by atoms with Gasteiger partial charge < -0.3 is 15.0 Å². The van der Waals surface area contributed by atoms with Crippen LogP contribution in [0, 0.1) is 0 Å². The molecule has 0 aliphatic carbocycles. The summed E-state index contributed by atoms with van der Waals surface area (Å²) in [5.41, 5.74) is 2.02. The Balaban J connectivity index is 1.60. The molecule has 1 aliphatic rings. The lowest BCUT2D eigenvalue weighted by Gasteiger charge is -2.31.